The first-order chi connectivity index (χ1) is 7.13. The molecule has 0 bridgehead atoms. The molecule has 0 amide bonds. The van der Waals surface area contributed by atoms with Gasteiger partial charge in [0.1, 0.15) is 5.82 Å². The van der Waals surface area contributed by atoms with Crippen molar-refractivity contribution < 1.29 is 4.39 Å². The van der Waals surface area contributed by atoms with E-state index in [1.807, 2.05) is 19.1 Å². The summed E-state index contributed by atoms with van der Waals surface area (Å²) >= 11 is 0. The van der Waals surface area contributed by atoms with Crippen LogP contribution in [0, 0.1) is 11.7 Å². The third-order valence-corrected chi connectivity index (χ3v) is 2.32. The first kappa shape index (κ1) is 12.2. The first-order valence-electron chi connectivity index (χ1n) is 5.61. The summed E-state index contributed by atoms with van der Waals surface area (Å²) in [5.41, 5.74) is 1.84. The fraction of sp³-hybridized carbons (Fsp3) is 0.538. The Labute approximate surface area is 91.7 Å². The van der Waals surface area contributed by atoms with E-state index in [-0.39, 0.29) is 5.82 Å². The first-order valence-corrected chi connectivity index (χ1v) is 5.61. The van der Waals surface area contributed by atoms with Gasteiger partial charge in [0.25, 0.3) is 0 Å². The molecule has 1 rings (SSSR count). The number of rotatable bonds is 5. The maximum absolute atomic E-state index is 13.6. The molecule has 0 saturated heterocycles. The van der Waals surface area contributed by atoms with Gasteiger partial charge in [0.05, 0.1) is 0 Å². The second kappa shape index (κ2) is 5.86. The summed E-state index contributed by atoms with van der Waals surface area (Å²) in [6.45, 7) is 7.91. The normalized spacial score (nSPS) is 11.0. The van der Waals surface area contributed by atoms with Crippen molar-refractivity contribution in [2.24, 2.45) is 5.92 Å². The molecule has 2 heteroatoms. The molecule has 0 fully saturated rings. The zero-order chi connectivity index (χ0) is 11.3. The van der Waals surface area contributed by atoms with Crippen molar-refractivity contribution in [3.05, 3.63) is 35.1 Å². The largest absolute Gasteiger partial charge is 0.313 e. The summed E-state index contributed by atoms with van der Waals surface area (Å²) in [5.74, 6) is 0.429. The summed E-state index contributed by atoms with van der Waals surface area (Å²) in [5, 5.41) is 3.19. The molecule has 0 radical (unpaired) electrons. The van der Waals surface area contributed by atoms with Crippen molar-refractivity contribution in [3.63, 3.8) is 0 Å². The van der Waals surface area contributed by atoms with Gasteiger partial charge in [0, 0.05) is 6.54 Å². The van der Waals surface area contributed by atoms with E-state index in [9.17, 15) is 4.39 Å². The second-order valence-electron chi connectivity index (χ2n) is 4.30. The monoisotopic (exact) mass is 209 g/mol. The minimum Gasteiger partial charge on any atom is -0.313 e. The Bertz CT molecular complexity index is 307. The predicted molar refractivity (Wildman–Crippen MR) is 62.3 cm³/mol. The Morgan fingerprint density at radius 2 is 2.07 bits per heavy atom. The smallest absolute Gasteiger partial charge is 0.126 e. The zero-order valence-electron chi connectivity index (χ0n) is 9.81. The maximum atomic E-state index is 13.6. The van der Waals surface area contributed by atoms with E-state index < -0.39 is 0 Å². The highest BCUT2D eigenvalue weighted by Crippen LogP contribution is 2.14. The summed E-state index contributed by atoms with van der Waals surface area (Å²) in [6, 6.07) is 5.55. The summed E-state index contributed by atoms with van der Waals surface area (Å²) in [6.07, 6.45) is 0.813. The highest BCUT2D eigenvalue weighted by atomic mass is 19.1. The van der Waals surface area contributed by atoms with E-state index >= 15 is 0 Å². The maximum Gasteiger partial charge on any atom is 0.126 e. The highest BCUT2D eigenvalue weighted by Gasteiger charge is 2.05. The van der Waals surface area contributed by atoms with Crippen LogP contribution in [0.2, 0.25) is 0 Å². The van der Waals surface area contributed by atoms with Crippen LogP contribution in [0.15, 0.2) is 18.2 Å². The molecule has 0 aliphatic carbocycles. The fourth-order valence-corrected chi connectivity index (χ4v) is 1.58. The van der Waals surface area contributed by atoms with Crippen LogP contribution in [0.25, 0.3) is 0 Å². The molecule has 15 heavy (non-hydrogen) atoms. The van der Waals surface area contributed by atoms with Crippen molar-refractivity contribution in [3.8, 4) is 0 Å². The molecule has 0 spiro atoms. The van der Waals surface area contributed by atoms with Gasteiger partial charge in [-0.05, 0) is 36.1 Å². The minimum atomic E-state index is -0.0703. The van der Waals surface area contributed by atoms with E-state index in [1.165, 1.54) is 0 Å². The van der Waals surface area contributed by atoms with Crippen molar-refractivity contribution in [1.29, 1.82) is 0 Å². The molecule has 0 aliphatic rings. The van der Waals surface area contributed by atoms with Gasteiger partial charge in [-0.25, -0.2) is 4.39 Å². The molecule has 0 unspecified atom stereocenters. The molecule has 0 aliphatic heterocycles. The van der Waals surface area contributed by atoms with Gasteiger partial charge in [-0.15, -0.1) is 0 Å². The molecule has 1 nitrogen and oxygen atoms in total. The molecule has 0 atom stereocenters. The summed E-state index contributed by atoms with van der Waals surface area (Å²) in [4.78, 5) is 0. The lowest BCUT2D eigenvalue weighted by Crippen LogP contribution is -2.12. The Morgan fingerprint density at radius 3 is 2.60 bits per heavy atom. The third-order valence-electron chi connectivity index (χ3n) is 2.32. The van der Waals surface area contributed by atoms with Gasteiger partial charge in [0.2, 0.25) is 0 Å². The van der Waals surface area contributed by atoms with Gasteiger partial charge in [-0.3, -0.25) is 0 Å². The van der Waals surface area contributed by atoms with Crippen LogP contribution in [0.1, 0.15) is 31.9 Å². The van der Waals surface area contributed by atoms with E-state index in [0.29, 0.717) is 5.92 Å². The van der Waals surface area contributed by atoms with Crippen LogP contribution >= 0.6 is 0 Å². The average molecular weight is 209 g/mol. The summed E-state index contributed by atoms with van der Waals surface area (Å²) in [7, 11) is 0. The topological polar surface area (TPSA) is 12.0 Å². The van der Waals surface area contributed by atoms with E-state index in [2.05, 4.69) is 19.2 Å². The van der Waals surface area contributed by atoms with Gasteiger partial charge in [-0.1, -0.05) is 32.9 Å². The van der Waals surface area contributed by atoms with Gasteiger partial charge in [-0.2, -0.15) is 0 Å². The van der Waals surface area contributed by atoms with Crippen molar-refractivity contribution in [2.45, 2.75) is 33.7 Å². The number of halogens is 1. The highest BCUT2D eigenvalue weighted by molar-refractivity contribution is 5.24. The summed E-state index contributed by atoms with van der Waals surface area (Å²) < 4.78 is 13.6. The Balaban J connectivity index is 2.70. The number of benzene rings is 1. The third kappa shape index (κ3) is 4.00. The zero-order valence-corrected chi connectivity index (χ0v) is 9.81. The molecule has 1 aromatic rings. The van der Waals surface area contributed by atoms with Gasteiger partial charge in [0.15, 0.2) is 0 Å². The van der Waals surface area contributed by atoms with Crippen LogP contribution in [-0.2, 0) is 13.0 Å². The van der Waals surface area contributed by atoms with Crippen LogP contribution < -0.4 is 5.32 Å². The van der Waals surface area contributed by atoms with Gasteiger partial charge < -0.3 is 5.32 Å². The van der Waals surface area contributed by atoms with Crippen LogP contribution in [0.3, 0.4) is 0 Å². The van der Waals surface area contributed by atoms with Crippen molar-refractivity contribution in [2.75, 3.05) is 6.54 Å². The van der Waals surface area contributed by atoms with Crippen molar-refractivity contribution >= 4 is 0 Å². The molecule has 1 aromatic carbocycles. The predicted octanol–water partition coefficient (Wildman–Crippen LogP) is 3.13. The lowest BCUT2D eigenvalue weighted by atomic mass is 10.0. The molecule has 0 aromatic heterocycles. The lowest BCUT2D eigenvalue weighted by Gasteiger charge is -2.08. The minimum absolute atomic E-state index is 0.0703. The second-order valence-corrected chi connectivity index (χ2v) is 4.30. The Morgan fingerprint density at radius 1 is 1.33 bits per heavy atom. The fourth-order valence-electron chi connectivity index (χ4n) is 1.58. The number of hydrogen-bond donors (Lipinski definition) is 1. The standard InChI is InChI=1S/C13H20FN/c1-4-15-9-11-5-6-12(7-10(2)3)13(14)8-11/h5-6,8,10,15H,4,7,9H2,1-3H3. The Hall–Kier alpha value is -0.890. The SMILES string of the molecule is CCNCc1ccc(CC(C)C)c(F)c1. The molecule has 0 heterocycles. The lowest BCUT2D eigenvalue weighted by molar-refractivity contribution is 0.571. The Kier molecular flexibility index (Phi) is 4.76. The van der Waals surface area contributed by atoms with Crippen LogP contribution in [0.4, 0.5) is 4.39 Å². The quantitative estimate of drug-likeness (QED) is 0.785. The van der Waals surface area contributed by atoms with E-state index in [0.717, 1.165) is 30.6 Å². The van der Waals surface area contributed by atoms with Crippen molar-refractivity contribution in [1.82, 2.24) is 5.32 Å². The van der Waals surface area contributed by atoms with Crippen LogP contribution in [-0.4, -0.2) is 6.54 Å². The average Bonchev–Trinajstić information content (AvgIpc) is 2.18. The molecule has 84 valence electrons. The van der Waals surface area contributed by atoms with Gasteiger partial charge >= 0.3 is 0 Å². The van der Waals surface area contributed by atoms with E-state index in [4.69, 9.17) is 0 Å². The molecule has 0 saturated carbocycles. The van der Waals surface area contributed by atoms with Crippen LogP contribution in [0.5, 0.6) is 0 Å². The number of hydrogen-bond acceptors (Lipinski definition) is 1. The number of nitrogens with one attached hydrogen (secondary N) is 1. The molecule has 1 N–H and O–H groups in total. The van der Waals surface area contributed by atoms with E-state index in [1.54, 1.807) is 6.07 Å². The molecular formula is C13H20FN. The molecular weight excluding hydrogens is 189 g/mol.